The normalized spacial score (nSPS) is 12.4. The van der Waals surface area contributed by atoms with Crippen LogP contribution in [0.3, 0.4) is 0 Å². The average Bonchev–Trinajstić information content (AvgIpc) is 2.02. The number of aromatic amines is 1. The molecule has 1 atom stereocenters. The van der Waals surface area contributed by atoms with Gasteiger partial charge in [0.1, 0.15) is 0 Å². The van der Waals surface area contributed by atoms with Crippen LogP contribution < -0.4 is 11.2 Å². The highest BCUT2D eigenvalue weighted by atomic mass is 16.3. The fourth-order valence-corrected chi connectivity index (χ4v) is 0.992. The van der Waals surface area contributed by atoms with E-state index in [4.69, 9.17) is 0 Å². The van der Waals surface area contributed by atoms with Crippen LogP contribution in [-0.4, -0.2) is 14.7 Å². The molecule has 0 bridgehead atoms. The van der Waals surface area contributed by atoms with Gasteiger partial charge in [0.05, 0.1) is 12.1 Å². The zero-order valence-electron chi connectivity index (χ0n) is 7.15. The Bertz CT molecular complexity index is 430. The van der Waals surface area contributed by atoms with Gasteiger partial charge >= 0.3 is 5.69 Å². The number of nitrogens with one attached hydrogen (secondary N) is 1. The van der Waals surface area contributed by atoms with Crippen LogP contribution in [0.15, 0.2) is 28.3 Å². The van der Waals surface area contributed by atoms with Crippen LogP contribution in [-0.2, 0) is 0 Å². The van der Waals surface area contributed by atoms with Crippen molar-refractivity contribution in [2.45, 2.75) is 13.0 Å². The summed E-state index contributed by atoms with van der Waals surface area (Å²) >= 11 is 0. The zero-order chi connectivity index (χ0) is 10.0. The van der Waals surface area contributed by atoms with Gasteiger partial charge in [-0.2, -0.15) is 0 Å². The van der Waals surface area contributed by atoms with Crippen molar-refractivity contribution in [2.75, 3.05) is 0 Å². The molecule has 0 amide bonds. The number of hydrogen-bond donors (Lipinski definition) is 2. The topological polar surface area (TPSA) is 75.1 Å². The molecule has 1 unspecified atom stereocenters. The van der Waals surface area contributed by atoms with Gasteiger partial charge in [-0.05, 0) is 6.92 Å². The van der Waals surface area contributed by atoms with Crippen molar-refractivity contribution in [1.29, 1.82) is 0 Å². The lowest BCUT2D eigenvalue weighted by Crippen LogP contribution is -2.30. The number of aromatic hydroxyl groups is 1. The summed E-state index contributed by atoms with van der Waals surface area (Å²) in [4.78, 5) is 23.9. The minimum Gasteiger partial charge on any atom is -0.494 e. The van der Waals surface area contributed by atoms with Crippen molar-refractivity contribution in [2.24, 2.45) is 0 Å². The number of hydrogen-bond acceptors (Lipinski definition) is 3. The van der Waals surface area contributed by atoms with Crippen molar-refractivity contribution in [3.8, 4) is 5.88 Å². The minimum absolute atomic E-state index is 0.357. The summed E-state index contributed by atoms with van der Waals surface area (Å²) < 4.78 is 1.04. The fraction of sp³-hybridized carbons (Fsp3) is 0.250. The van der Waals surface area contributed by atoms with E-state index in [1.165, 1.54) is 6.08 Å². The van der Waals surface area contributed by atoms with E-state index in [2.05, 4.69) is 6.58 Å². The molecule has 0 aliphatic carbocycles. The van der Waals surface area contributed by atoms with E-state index in [9.17, 15) is 14.7 Å². The summed E-state index contributed by atoms with van der Waals surface area (Å²) in [5.74, 6) is -0.360. The van der Waals surface area contributed by atoms with Gasteiger partial charge in [-0.1, -0.05) is 6.08 Å². The molecule has 2 N–H and O–H groups in total. The third-order valence-corrected chi connectivity index (χ3v) is 1.70. The summed E-state index contributed by atoms with van der Waals surface area (Å²) in [6, 6.07) is 0.589. The molecule has 13 heavy (non-hydrogen) atoms. The molecule has 0 saturated heterocycles. The Hall–Kier alpha value is -1.78. The molecule has 1 aromatic heterocycles. The third kappa shape index (κ3) is 1.69. The monoisotopic (exact) mass is 182 g/mol. The van der Waals surface area contributed by atoms with Crippen LogP contribution in [0.2, 0.25) is 0 Å². The van der Waals surface area contributed by atoms with Gasteiger partial charge < -0.3 is 5.11 Å². The summed E-state index contributed by atoms with van der Waals surface area (Å²) in [6.07, 6.45) is 1.49. The zero-order valence-corrected chi connectivity index (χ0v) is 7.15. The molecule has 1 heterocycles. The molecule has 0 aliphatic rings. The van der Waals surface area contributed by atoms with E-state index in [1.54, 1.807) is 6.92 Å². The number of H-pyrrole nitrogens is 1. The largest absolute Gasteiger partial charge is 0.494 e. The van der Waals surface area contributed by atoms with Crippen LogP contribution in [0, 0.1) is 0 Å². The van der Waals surface area contributed by atoms with Gasteiger partial charge in [0, 0.05) is 0 Å². The van der Waals surface area contributed by atoms with Crippen LogP contribution in [0.25, 0.3) is 0 Å². The van der Waals surface area contributed by atoms with Gasteiger partial charge in [-0.15, -0.1) is 6.58 Å². The lowest BCUT2D eigenvalue weighted by molar-refractivity contribution is 0.392. The molecule has 0 saturated carbocycles. The predicted molar refractivity (Wildman–Crippen MR) is 47.9 cm³/mol. The maximum absolute atomic E-state index is 11.2. The fourth-order valence-electron chi connectivity index (χ4n) is 0.992. The molecule has 0 spiro atoms. The molecule has 0 aromatic carbocycles. The molecule has 5 nitrogen and oxygen atoms in total. The van der Waals surface area contributed by atoms with Crippen molar-refractivity contribution in [3.05, 3.63) is 39.6 Å². The standard InChI is InChI=1S/C8H10N2O3/c1-3-5(2)10-7(12)4-6(11)9-8(10)13/h3-5,12H,1H2,2H3,(H,9,11,13). The van der Waals surface area contributed by atoms with Crippen molar-refractivity contribution < 1.29 is 5.11 Å². The second-order valence-electron chi connectivity index (χ2n) is 2.64. The second kappa shape index (κ2) is 3.30. The Morgan fingerprint density at radius 2 is 2.31 bits per heavy atom. The Labute approximate surface area is 74.0 Å². The maximum atomic E-state index is 11.2. The molecular weight excluding hydrogens is 172 g/mol. The number of rotatable bonds is 2. The van der Waals surface area contributed by atoms with Gasteiger partial charge in [-0.3, -0.25) is 14.3 Å². The Morgan fingerprint density at radius 1 is 1.69 bits per heavy atom. The van der Waals surface area contributed by atoms with Crippen molar-refractivity contribution in [3.63, 3.8) is 0 Å². The van der Waals surface area contributed by atoms with Crippen LogP contribution >= 0.6 is 0 Å². The highest BCUT2D eigenvalue weighted by molar-refractivity contribution is 5.08. The summed E-state index contributed by atoms with van der Waals surface area (Å²) in [6.45, 7) is 5.15. The van der Waals surface area contributed by atoms with Gasteiger partial charge in [0.25, 0.3) is 5.56 Å². The first-order valence-electron chi connectivity index (χ1n) is 3.73. The number of nitrogens with zero attached hydrogens (tertiary/aromatic N) is 1. The summed E-state index contributed by atoms with van der Waals surface area (Å²) in [5, 5.41) is 9.27. The second-order valence-corrected chi connectivity index (χ2v) is 2.64. The molecule has 0 radical (unpaired) electrons. The lowest BCUT2D eigenvalue weighted by Gasteiger charge is -2.10. The van der Waals surface area contributed by atoms with Crippen LogP contribution in [0.5, 0.6) is 5.88 Å². The number of allylic oxidation sites excluding steroid dienone is 1. The van der Waals surface area contributed by atoms with E-state index in [0.29, 0.717) is 0 Å². The quantitative estimate of drug-likeness (QED) is 0.631. The highest BCUT2D eigenvalue weighted by Crippen LogP contribution is 2.10. The van der Waals surface area contributed by atoms with E-state index in [-0.39, 0.29) is 11.9 Å². The molecular formula is C8H10N2O3. The van der Waals surface area contributed by atoms with Gasteiger partial charge in [-0.25, -0.2) is 4.79 Å². The van der Waals surface area contributed by atoms with Gasteiger partial charge in [0.15, 0.2) is 0 Å². The van der Waals surface area contributed by atoms with E-state index in [1.807, 2.05) is 4.98 Å². The molecule has 0 fully saturated rings. The molecule has 70 valence electrons. The van der Waals surface area contributed by atoms with E-state index < -0.39 is 11.2 Å². The first-order chi connectivity index (χ1) is 6.06. The van der Waals surface area contributed by atoms with Crippen molar-refractivity contribution in [1.82, 2.24) is 9.55 Å². The molecule has 0 aliphatic heterocycles. The highest BCUT2D eigenvalue weighted by Gasteiger charge is 2.08. The Kier molecular flexibility index (Phi) is 2.36. The average molecular weight is 182 g/mol. The lowest BCUT2D eigenvalue weighted by atomic mass is 10.3. The van der Waals surface area contributed by atoms with Crippen LogP contribution in [0.1, 0.15) is 13.0 Å². The first-order valence-corrected chi connectivity index (χ1v) is 3.73. The smallest absolute Gasteiger partial charge is 0.331 e. The van der Waals surface area contributed by atoms with Crippen LogP contribution in [0.4, 0.5) is 0 Å². The Balaban J connectivity index is 3.46. The molecule has 1 aromatic rings. The minimum atomic E-state index is -0.641. The SMILES string of the molecule is C=CC(C)n1c(O)cc(=O)[nH]c1=O. The molecule has 5 heteroatoms. The van der Waals surface area contributed by atoms with Crippen molar-refractivity contribution >= 4 is 0 Å². The van der Waals surface area contributed by atoms with E-state index >= 15 is 0 Å². The predicted octanol–water partition coefficient (Wildman–Crippen LogP) is -0.0108. The molecule has 1 rings (SSSR count). The summed E-state index contributed by atoms with van der Waals surface area (Å²) in [5.41, 5.74) is -1.26. The Morgan fingerprint density at radius 3 is 2.77 bits per heavy atom. The van der Waals surface area contributed by atoms with Gasteiger partial charge in [0.2, 0.25) is 5.88 Å². The number of aromatic nitrogens is 2. The maximum Gasteiger partial charge on any atom is 0.331 e. The van der Waals surface area contributed by atoms with E-state index in [0.717, 1.165) is 10.6 Å². The summed E-state index contributed by atoms with van der Waals surface area (Å²) in [7, 11) is 0. The third-order valence-electron chi connectivity index (χ3n) is 1.70. The first kappa shape index (κ1) is 9.31.